The van der Waals surface area contributed by atoms with Crippen molar-refractivity contribution in [1.82, 2.24) is 14.5 Å². The summed E-state index contributed by atoms with van der Waals surface area (Å²) >= 11 is 0. The van der Waals surface area contributed by atoms with Crippen molar-refractivity contribution in [3.63, 3.8) is 0 Å². The van der Waals surface area contributed by atoms with Crippen LogP contribution in [0.2, 0.25) is 0 Å². The van der Waals surface area contributed by atoms with Gasteiger partial charge < -0.3 is 10.2 Å². The largest absolute Gasteiger partial charge is 0.373 e. The first kappa shape index (κ1) is 23.5. The first-order valence-corrected chi connectivity index (χ1v) is 12.1. The highest BCUT2D eigenvalue weighted by Gasteiger charge is 2.28. The standard InChI is InChI=1S/C24H28N4O3S/c1-3-20-9-11-21(12-10-20)19(2)26-24(29)22(17-25)18-27-13-15-28(16-14-27)32(30,31)23-7-5-4-6-8-23/h4-12,18-19H,3,13-16H2,1-2H3,(H,26,29)/b22-18-. The van der Waals surface area contributed by atoms with Gasteiger partial charge in [-0.05, 0) is 36.6 Å². The van der Waals surface area contributed by atoms with Crippen LogP contribution < -0.4 is 5.32 Å². The van der Waals surface area contributed by atoms with Crippen molar-refractivity contribution < 1.29 is 13.2 Å². The molecule has 2 aromatic carbocycles. The fraction of sp³-hybridized carbons (Fsp3) is 0.333. The van der Waals surface area contributed by atoms with Gasteiger partial charge in [0, 0.05) is 32.4 Å². The predicted molar refractivity (Wildman–Crippen MR) is 123 cm³/mol. The molecule has 7 nitrogen and oxygen atoms in total. The molecule has 168 valence electrons. The quantitative estimate of drug-likeness (QED) is 0.515. The number of nitriles is 1. The summed E-state index contributed by atoms with van der Waals surface area (Å²) in [7, 11) is -3.55. The zero-order chi connectivity index (χ0) is 23.1. The lowest BCUT2D eigenvalue weighted by Crippen LogP contribution is -2.47. The van der Waals surface area contributed by atoms with Gasteiger partial charge in [-0.2, -0.15) is 9.57 Å². The van der Waals surface area contributed by atoms with Crippen LogP contribution >= 0.6 is 0 Å². The highest BCUT2D eigenvalue weighted by molar-refractivity contribution is 7.89. The van der Waals surface area contributed by atoms with Gasteiger partial charge in [-0.1, -0.05) is 49.4 Å². The molecular formula is C24H28N4O3S. The van der Waals surface area contributed by atoms with E-state index in [0.717, 1.165) is 12.0 Å². The Morgan fingerprint density at radius 2 is 1.72 bits per heavy atom. The van der Waals surface area contributed by atoms with Crippen molar-refractivity contribution in [2.45, 2.75) is 31.2 Å². The molecule has 8 heteroatoms. The van der Waals surface area contributed by atoms with Gasteiger partial charge in [-0.3, -0.25) is 4.79 Å². The lowest BCUT2D eigenvalue weighted by Gasteiger charge is -2.33. The number of nitrogens with one attached hydrogen (secondary N) is 1. The molecule has 32 heavy (non-hydrogen) atoms. The Labute approximate surface area is 190 Å². The number of piperazine rings is 1. The molecule has 1 heterocycles. The number of sulfonamides is 1. The summed E-state index contributed by atoms with van der Waals surface area (Å²) < 4.78 is 26.9. The Balaban J connectivity index is 1.60. The Morgan fingerprint density at radius 1 is 1.09 bits per heavy atom. The molecule has 1 unspecified atom stereocenters. The van der Waals surface area contributed by atoms with Gasteiger partial charge in [0.2, 0.25) is 10.0 Å². The Kier molecular flexibility index (Phi) is 7.67. The summed E-state index contributed by atoms with van der Waals surface area (Å²) in [5.41, 5.74) is 2.19. The molecule has 1 aliphatic rings. The number of hydrogen-bond donors (Lipinski definition) is 1. The summed E-state index contributed by atoms with van der Waals surface area (Å²) in [6, 6.07) is 18.1. The molecule has 2 aromatic rings. The number of amides is 1. The van der Waals surface area contributed by atoms with Crippen LogP contribution in [0.15, 0.2) is 71.3 Å². The molecule has 0 aromatic heterocycles. The lowest BCUT2D eigenvalue weighted by atomic mass is 10.0. The molecule has 1 saturated heterocycles. The van der Waals surface area contributed by atoms with Gasteiger partial charge in [-0.25, -0.2) is 8.42 Å². The van der Waals surface area contributed by atoms with Gasteiger partial charge >= 0.3 is 0 Å². The van der Waals surface area contributed by atoms with Crippen molar-refractivity contribution >= 4 is 15.9 Å². The van der Waals surface area contributed by atoms with E-state index in [1.54, 1.807) is 30.3 Å². The van der Waals surface area contributed by atoms with E-state index in [2.05, 4.69) is 12.2 Å². The van der Waals surface area contributed by atoms with Crippen LogP contribution in [0.3, 0.4) is 0 Å². The number of benzene rings is 2. The molecule has 3 rings (SSSR count). The van der Waals surface area contributed by atoms with E-state index in [0.29, 0.717) is 13.1 Å². The van der Waals surface area contributed by atoms with Gasteiger partial charge in [0.25, 0.3) is 5.91 Å². The molecule has 1 atom stereocenters. The number of carbonyl (C=O) groups is 1. The van der Waals surface area contributed by atoms with Crippen molar-refractivity contribution in [2.24, 2.45) is 0 Å². The summed E-state index contributed by atoms with van der Waals surface area (Å²) in [5, 5.41) is 12.4. The molecular weight excluding hydrogens is 424 g/mol. The van der Waals surface area contributed by atoms with E-state index < -0.39 is 15.9 Å². The topological polar surface area (TPSA) is 93.5 Å². The summed E-state index contributed by atoms with van der Waals surface area (Å²) in [6.07, 6.45) is 2.47. The number of aryl methyl sites for hydroxylation is 1. The number of carbonyl (C=O) groups excluding carboxylic acids is 1. The molecule has 1 aliphatic heterocycles. The Hall–Kier alpha value is -3.15. The van der Waals surface area contributed by atoms with E-state index in [9.17, 15) is 18.5 Å². The number of nitrogens with zero attached hydrogens (tertiary/aromatic N) is 3. The van der Waals surface area contributed by atoms with Crippen molar-refractivity contribution in [3.05, 3.63) is 77.5 Å². The van der Waals surface area contributed by atoms with E-state index in [4.69, 9.17) is 0 Å². The third kappa shape index (κ3) is 5.55. The molecule has 0 aliphatic carbocycles. The van der Waals surface area contributed by atoms with E-state index in [1.165, 1.54) is 16.1 Å². The van der Waals surface area contributed by atoms with Crippen molar-refractivity contribution in [3.8, 4) is 6.07 Å². The highest BCUT2D eigenvalue weighted by Crippen LogP contribution is 2.18. The number of hydrogen-bond acceptors (Lipinski definition) is 5. The first-order chi connectivity index (χ1) is 15.3. The normalized spacial score (nSPS) is 16.3. The molecule has 1 N–H and O–H groups in total. The van der Waals surface area contributed by atoms with Crippen LogP contribution in [-0.2, 0) is 21.2 Å². The van der Waals surface area contributed by atoms with Gasteiger partial charge in [0.05, 0.1) is 10.9 Å². The van der Waals surface area contributed by atoms with Crippen molar-refractivity contribution in [2.75, 3.05) is 26.2 Å². The van der Waals surface area contributed by atoms with Crippen LogP contribution in [0.5, 0.6) is 0 Å². The minimum absolute atomic E-state index is 0.00129. The van der Waals surface area contributed by atoms with E-state index >= 15 is 0 Å². The van der Waals surface area contributed by atoms with E-state index in [-0.39, 0.29) is 29.6 Å². The van der Waals surface area contributed by atoms with Crippen LogP contribution in [0.25, 0.3) is 0 Å². The van der Waals surface area contributed by atoms with Crippen LogP contribution in [-0.4, -0.2) is 49.7 Å². The lowest BCUT2D eigenvalue weighted by molar-refractivity contribution is -0.117. The zero-order valence-electron chi connectivity index (χ0n) is 18.4. The highest BCUT2D eigenvalue weighted by atomic mass is 32.2. The second kappa shape index (κ2) is 10.4. The molecule has 1 fully saturated rings. The average molecular weight is 453 g/mol. The molecule has 0 spiro atoms. The van der Waals surface area contributed by atoms with Crippen LogP contribution in [0, 0.1) is 11.3 Å². The minimum Gasteiger partial charge on any atom is -0.373 e. The van der Waals surface area contributed by atoms with Gasteiger partial charge in [0.1, 0.15) is 11.6 Å². The predicted octanol–water partition coefficient (Wildman–Crippen LogP) is 2.84. The minimum atomic E-state index is -3.55. The third-order valence-electron chi connectivity index (χ3n) is 5.57. The first-order valence-electron chi connectivity index (χ1n) is 10.7. The summed E-state index contributed by atoms with van der Waals surface area (Å²) in [5.74, 6) is -0.445. The molecule has 1 amide bonds. The van der Waals surface area contributed by atoms with Gasteiger partial charge in [0.15, 0.2) is 0 Å². The summed E-state index contributed by atoms with van der Waals surface area (Å²) in [6.45, 7) is 5.34. The second-order valence-electron chi connectivity index (χ2n) is 7.70. The fourth-order valence-electron chi connectivity index (χ4n) is 3.54. The monoisotopic (exact) mass is 452 g/mol. The average Bonchev–Trinajstić information content (AvgIpc) is 2.83. The number of rotatable bonds is 7. The Bertz CT molecular complexity index is 1100. The maximum absolute atomic E-state index is 12.8. The SMILES string of the molecule is CCc1ccc(C(C)NC(=O)/C(C#N)=C\N2CCN(S(=O)(=O)c3ccccc3)CC2)cc1. The summed E-state index contributed by atoms with van der Waals surface area (Å²) in [4.78, 5) is 14.7. The molecule has 0 bridgehead atoms. The second-order valence-corrected chi connectivity index (χ2v) is 9.64. The zero-order valence-corrected chi connectivity index (χ0v) is 19.2. The Morgan fingerprint density at radius 3 is 2.28 bits per heavy atom. The van der Waals surface area contributed by atoms with Gasteiger partial charge in [-0.15, -0.1) is 0 Å². The fourth-order valence-corrected chi connectivity index (χ4v) is 4.98. The maximum Gasteiger partial charge on any atom is 0.263 e. The third-order valence-corrected chi connectivity index (χ3v) is 7.48. The molecule has 0 saturated carbocycles. The van der Waals surface area contributed by atoms with Crippen LogP contribution in [0.4, 0.5) is 0 Å². The van der Waals surface area contributed by atoms with Crippen LogP contribution in [0.1, 0.15) is 31.0 Å². The van der Waals surface area contributed by atoms with E-state index in [1.807, 2.05) is 42.2 Å². The molecule has 0 radical (unpaired) electrons. The van der Waals surface area contributed by atoms with Crippen molar-refractivity contribution in [1.29, 1.82) is 5.26 Å². The smallest absolute Gasteiger partial charge is 0.263 e. The maximum atomic E-state index is 12.8.